The van der Waals surface area contributed by atoms with Crippen LogP contribution in [0.2, 0.25) is 0 Å². The number of nitrogens with one attached hydrogen (secondary N) is 1. The molecule has 2 aliphatic rings. The highest BCUT2D eigenvalue weighted by molar-refractivity contribution is 5.65. The average molecular weight is 326 g/mol. The molecule has 0 radical (unpaired) electrons. The molecular weight excluding hydrogens is 300 g/mol. The Kier molecular flexibility index (Phi) is 3.60. The Morgan fingerprint density at radius 2 is 2.12 bits per heavy atom. The molecule has 1 N–H and O–H groups in total. The Morgan fingerprint density at radius 3 is 2.75 bits per heavy atom. The minimum atomic E-state index is -0.0117. The molecule has 0 aliphatic carbocycles. The molecular formula is C18H26N6. The zero-order valence-electron chi connectivity index (χ0n) is 15.0. The topological polar surface area (TPSA) is 62.6 Å². The van der Waals surface area contributed by atoms with E-state index in [4.69, 9.17) is 4.98 Å². The van der Waals surface area contributed by atoms with Crippen LogP contribution in [0.5, 0.6) is 0 Å². The summed E-state index contributed by atoms with van der Waals surface area (Å²) in [6.45, 7) is 7.29. The third-order valence-corrected chi connectivity index (χ3v) is 5.22. The molecule has 2 unspecified atom stereocenters. The minimum Gasteiger partial charge on any atom is -0.286 e. The fraction of sp³-hybridized carbons (Fsp3) is 0.611. The average Bonchev–Trinajstić information content (AvgIpc) is 3.19. The first-order valence-electron chi connectivity index (χ1n) is 8.78. The second-order valence-corrected chi connectivity index (χ2v) is 8.06. The van der Waals surface area contributed by atoms with Crippen LogP contribution in [-0.2, 0) is 19.0 Å². The fourth-order valence-corrected chi connectivity index (χ4v) is 3.92. The summed E-state index contributed by atoms with van der Waals surface area (Å²) < 4.78 is 1.98. The van der Waals surface area contributed by atoms with Crippen LogP contribution in [0.1, 0.15) is 57.4 Å². The Hall–Kier alpha value is -1.95. The molecule has 0 spiro atoms. The van der Waals surface area contributed by atoms with Crippen molar-refractivity contribution in [3.63, 3.8) is 0 Å². The quantitative estimate of drug-likeness (QED) is 0.942. The van der Waals surface area contributed by atoms with Gasteiger partial charge in [-0.3, -0.25) is 14.7 Å². The van der Waals surface area contributed by atoms with Gasteiger partial charge in [0.25, 0.3) is 0 Å². The first kappa shape index (κ1) is 15.6. The van der Waals surface area contributed by atoms with Crippen LogP contribution in [0, 0.1) is 0 Å². The molecule has 0 amide bonds. The summed E-state index contributed by atoms with van der Waals surface area (Å²) in [7, 11) is 2.02. The number of aromatic amines is 1. The molecule has 2 aliphatic heterocycles. The van der Waals surface area contributed by atoms with Gasteiger partial charge in [0.2, 0.25) is 0 Å². The van der Waals surface area contributed by atoms with Crippen molar-refractivity contribution in [3.8, 4) is 0 Å². The van der Waals surface area contributed by atoms with Crippen molar-refractivity contribution >= 4 is 5.57 Å². The van der Waals surface area contributed by atoms with Crippen molar-refractivity contribution in [2.75, 3.05) is 0 Å². The SMILES string of the molecule is Cn1nccc1C1=CC2CCC(C1)N2Cc1nc(C(C)(C)C)n[nH]1. The number of aromatic nitrogens is 5. The molecule has 2 aromatic rings. The summed E-state index contributed by atoms with van der Waals surface area (Å²) in [6.07, 6.45) is 7.89. The number of H-pyrrole nitrogens is 1. The van der Waals surface area contributed by atoms with Gasteiger partial charge in [-0.05, 0) is 30.9 Å². The normalized spacial score (nSPS) is 24.4. The van der Waals surface area contributed by atoms with Crippen LogP contribution in [0.4, 0.5) is 0 Å². The molecule has 2 atom stereocenters. The minimum absolute atomic E-state index is 0.0117. The van der Waals surface area contributed by atoms with E-state index in [0.29, 0.717) is 12.1 Å². The van der Waals surface area contributed by atoms with Crippen molar-refractivity contribution < 1.29 is 0 Å². The van der Waals surface area contributed by atoms with Crippen LogP contribution in [0.3, 0.4) is 0 Å². The highest BCUT2D eigenvalue weighted by Gasteiger charge is 2.37. The van der Waals surface area contributed by atoms with Gasteiger partial charge < -0.3 is 0 Å². The lowest BCUT2D eigenvalue weighted by atomic mass is 9.96. The Morgan fingerprint density at radius 1 is 1.29 bits per heavy atom. The number of aryl methyl sites for hydroxylation is 1. The van der Waals surface area contributed by atoms with E-state index in [-0.39, 0.29) is 5.41 Å². The monoisotopic (exact) mass is 326 g/mol. The van der Waals surface area contributed by atoms with E-state index >= 15 is 0 Å². The molecule has 1 saturated heterocycles. The van der Waals surface area contributed by atoms with E-state index in [0.717, 1.165) is 24.6 Å². The summed E-state index contributed by atoms with van der Waals surface area (Å²) in [5.41, 5.74) is 2.68. The second-order valence-electron chi connectivity index (χ2n) is 8.06. The van der Waals surface area contributed by atoms with Crippen LogP contribution in [0.15, 0.2) is 18.3 Å². The predicted molar refractivity (Wildman–Crippen MR) is 93.2 cm³/mol. The Labute approximate surface area is 143 Å². The molecule has 24 heavy (non-hydrogen) atoms. The molecule has 4 heterocycles. The lowest BCUT2D eigenvalue weighted by molar-refractivity contribution is 0.198. The van der Waals surface area contributed by atoms with E-state index in [2.05, 4.69) is 53.1 Å². The summed E-state index contributed by atoms with van der Waals surface area (Å²) >= 11 is 0. The van der Waals surface area contributed by atoms with Crippen LogP contribution >= 0.6 is 0 Å². The van der Waals surface area contributed by atoms with E-state index in [1.165, 1.54) is 24.1 Å². The number of fused-ring (bicyclic) bond motifs is 2. The Bertz CT molecular complexity index is 763. The zero-order chi connectivity index (χ0) is 16.9. The van der Waals surface area contributed by atoms with Gasteiger partial charge in [-0.2, -0.15) is 10.2 Å². The lowest BCUT2D eigenvalue weighted by Gasteiger charge is -2.33. The highest BCUT2D eigenvalue weighted by atomic mass is 15.3. The van der Waals surface area contributed by atoms with E-state index in [9.17, 15) is 0 Å². The number of hydrogen-bond acceptors (Lipinski definition) is 4. The largest absolute Gasteiger partial charge is 0.286 e. The van der Waals surface area contributed by atoms with Crippen LogP contribution < -0.4 is 0 Å². The number of rotatable bonds is 3. The van der Waals surface area contributed by atoms with Crippen molar-refractivity contribution in [2.24, 2.45) is 7.05 Å². The zero-order valence-corrected chi connectivity index (χ0v) is 15.0. The lowest BCUT2D eigenvalue weighted by Crippen LogP contribution is -2.38. The molecule has 128 valence electrons. The van der Waals surface area contributed by atoms with Gasteiger partial charge in [0.1, 0.15) is 5.82 Å². The van der Waals surface area contributed by atoms with Gasteiger partial charge in [0.05, 0.1) is 12.2 Å². The van der Waals surface area contributed by atoms with Crippen molar-refractivity contribution in [2.45, 2.75) is 64.1 Å². The number of nitrogens with zero attached hydrogens (tertiary/aromatic N) is 5. The molecule has 4 rings (SSSR count). The van der Waals surface area contributed by atoms with Gasteiger partial charge in [0.15, 0.2) is 5.82 Å². The number of hydrogen-bond donors (Lipinski definition) is 1. The summed E-state index contributed by atoms with van der Waals surface area (Å²) in [4.78, 5) is 7.29. The summed E-state index contributed by atoms with van der Waals surface area (Å²) in [5.74, 6) is 1.88. The fourth-order valence-electron chi connectivity index (χ4n) is 3.92. The predicted octanol–water partition coefficient (Wildman–Crippen LogP) is 2.66. The highest BCUT2D eigenvalue weighted by Crippen LogP contribution is 2.39. The van der Waals surface area contributed by atoms with Crippen molar-refractivity contribution in [3.05, 3.63) is 35.7 Å². The molecule has 0 saturated carbocycles. The van der Waals surface area contributed by atoms with Crippen molar-refractivity contribution in [1.29, 1.82) is 0 Å². The van der Waals surface area contributed by atoms with Crippen LogP contribution in [-0.4, -0.2) is 41.9 Å². The maximum absolute atomic E-state index is 4.71. The standard InChI is InChI=1S/C18H26N6/c1-18(2,3)17-20-16(21-22-17)11-24-13-5-6-14(24)10-12(9-13)15-7-8-19-23(15)4/h7-9,13-14H,5-6,10-11H2,1-4H3,(H,20,21,22). The van der Waals surface area contributed by atoms with E-state index < -0.39 is 0 Å². The van der Waals surface area contributed by atoms with Crippen LogP contribution in [0.25, 0.3) is 5.57 Å². The summed E-state index contributed by atoms with van der Waals surface area (Å²) in [6, 6.07) is 3.21. The van der Waals surface area contributed by atoms with Gasteiger partial charge in [-0.1, -0.05) is 26.8 Å². The second kappa shape index (κ2) is 5.55. The third kappa shape index (κ3) is 2.69. The van der Waals surface area contributed by atoms with Gasteiger partial charge in [-0.25, -0.2) is 4.98 Å². The smallest absolute Gasteiger partial charge is 0.156 e. The molecule has 2 bridgehead atoms. The van der Waals surface area contributed by atoms with Gasteiger partial charge >= 0.3 is 0 Å². The molecule has 2 aromatic heterocycles. The van der Waals surface area contributed by atoms with E-state index in [1.54, 1.807) is 0 Å². The molecule has 6 nitrogen and oxygen atoms in total. The van der Waals surface area contributed by atoms with E-state index in [1.807, 2.05) is 17.9 Å². The summed E-state index contributed by atoms with van der Waals surface area (Å²) in [5, 5.41) is 11.9. The van der Waals surface area contributed by atoms with Crippen molar-refractivity contribution in [1.82, 2.24) is 29.9 Å². The molecule has 0 aromatic carbocycles. The third-order valence-electron chi connectivity index (χ3n) is 5.22. The Balaban J connectivity index is 1.53. The maximum atomic E-state index is 4.71. The van der Waals surface area contributed by atoms with Gasteiger partial charge in [0, 0.05) is 30.7 Å². The first-order valence-corrected chi connectivity index (χ1v) is 8.78. The maximum Gasteiger partial charge on any atom is 0.156 e. The first-order chi connectivity index (χ1) is 11.4. The molecule has 6 heteroatoms. The molecule has 1 fully saturated rings. The van der Waals surface area contributed by atoms with Gasteiger partial charge in [-0.15, -0.1) is 0 Å².